The summed E-state index contributed by atoms with van der Waals surface area (Å²) in [6, 6.07) is 6.89. The minimum absolute atomic E-state index is 0.110. The Balaban J connectivity index is 2.31. The fourth-order valence-electron chi connectivity index (χ4n) is 1.45. The number of carbonyl (C=O) groups is 2. The lowest BCUT2D eigenvalue weighted by molar-refractivity contribution is -0.152. The molecule has 0 aromatic heterocycles. The van der Waals surface area contributed by atoms with Gasteiger partial charge in [-0.05, 0) is 17.7 Å². The monoisotopic (exact) mass is 210 g/mol. The third kappa shape index (κ3) is 1.63. The maximum atomic E-state index is 11.2. The lowest BCUT2D eigenvalue weighted by Crippen LogP contribution is -2.05. The highest BCUT2D eigenvalue weighted by Crippen LogP contribution is 2.28. The van der Waals surface area contributed by atoms with Crippen LogP contribution in [0.2, 0.25) is 5.02 Å². The smallest absolute Gasteiger partial charge is 0.321 e. The van der Waals surface area contributed by atoms with Gasteiger partial charge in [-0.15, -0.1) is 0 Å². The van der Waals surface area contributed by atoms with Crippen LogP contribution in [0.25, 0.3) is 0 Å². The van der Waals surface area contributed by atoms with Crippen molar-refractivity contribution in [1.82, 2.24) is 0 Å². The first-order valence-corrected chi connectivity index (χ1v) is 4.54. The number of hydrogen-bond acceptors (Lipinski definition) is 3. The molecule has 1 atom stereocenters. The summed E-state index contributed by atoms with van der Waals surface area (Å²) in [6.45, 7) is 0. The normalized spacial score (nSPS) is 21.1. The van der Waals surface area contributed by atoms with E-state index in [1.165, 1.54) is 0 Å². The highest BCUT2D eigenvalue weighted by Gasteiger charge is 2.34. The molecule has 3 nitrogen and oxygen atoms in total. The molecule has 0 bridgehead atoms. The molecule has 0 N–H and O–H groups in total. The summed E-state index contributed by atoms with van der Waals surface area (Å²) in [5, 5.41) is 0.551. The maximum Gasteiger partial charge on any atom is 0.321 e. The van der Waals surface area contributed by atoms with Crippen LogP contribution in [0.15, 0.2) is 24.3 Å². The fourth-order valence-corrected chi connectivity index (χ4v) is 1.65. The molecule has 2 rings (SSSR count). The molecule has 0 saturated carbocycles. The van der Waals surface area contributed by atoms with Crippen LogP contribution in [0.4, 0.5) is 0 Å². The molecular weight excluding hydrogens is 204 g/mol. The molecule has 4 heteroatoms. The lowest BCUT2D eigenvalue weighted by Gasteiger charge is -2.04. The fraction of sp³-hybridized carbons (Fsp3) is 0.200. The van der Waals surface area contributed by atoms with E-state index in [-0.39, 0.29) is 6.42 Å². The van der Waals surface area contributed by atoms with Crippen LogP contribution in [0.5, 0.6) is 0 Å². The lowest BCUT2D eigenvalue weighted by atomic mass is 9.98. The molecule has 14 heavy (non-hydrogen) atoms. The van der Waals surface area contributed by atoms with Crippen molar-refractivity contribution >= 4 is 23.5 Å². The average molecular weight is 211 g/mol. The van der Waals surface area contributed by atoms with Gasteiger partial charge in [-0.2, -0.15) is 0 Å². The zero-order valence-electron chi connectivity index (χ0n) is 7.20. The highest BCUT2D eigenvalue weighted by atomic mass is 35.5. The van der Waals surface area contributed by atoms with Crippen LogP contribution in [0.3, 0.4) is 0 Å². The van der Waals surface area contributed by atoms with Crippen LogP contribution in [-0.2, 0) is 14.3 Å². The van der Waals surface area contributed by atoms with E-state index in [2.05, 4.69) is 4.74 Å². The van der Waals surface area contributed by atoms with Gasteiger partial charge in [0, 0.05) is 5.02 Å². The molecule has 1 fully saturated rings. The Morgan fingerprint density at radius 2 is 2.14 bits per heavy atom. The van der Waals surface area contributed by atoms with E-state index < -0.39 is 17.9 Å². The number of rotatable bonds is 1. The molecule has 1 aliphatic heterocycles. The molecule has 1 aromatic carbocycles. The van der Waals surface area contributed by atoms with Crippen LogP contribution in [0.1, 0.15) is 17.9 Å². The van der Waals surface area contributed by atoms with E-state index in [9.17, 15) is 9.59 Å². The SMILES string of the molecule is O=C1C[C@@H](c2cccc(Cl)c2)C(=O)O1. The van der Waals surface area contributed by atoms with Gasteiger partial charge >= 0.3 is 11.9 Å². The van der Waals surface area contributed by atoms with Crippen LogP contribution < -0.4 is 0 Å². The van der Waals surface area contributed by atoms with E-state index in [4.69, 9.17) is 11.6 Å². The van der Waals surface area contributed by atoms with Crippen molar-refractivity contribution in [3.63, 3.8) is 0 Å². The summed E-state index contributed by atoms with van der Waals surface area (Å²) in [5.74, 6) is -1.45. The second kappa shape index (κ2) is 3.42. The largest absolute Gasteiger partial charge is 0.393 e. The molecule has 0 radical (unpaired) electrons. The van der Waals surface area contributed by atoms with Gasteiger partial charge in [0.2, 0.25) is 0 Å². The molecular formula is C10H7ClO3. The van der Waals surface area contributed by atoms with Crippen molar-refractivity contribution < 1.29 is 14.3 Å². The third-order valence-corrected chi connectivity index (χ3v) is 2.36. The Labute approximate surface area is 85.6 Å². The second-order valence-electron chi connectivity index (χ2n) is 3.10. The topological polar surface area (TPSA) is 43.4 Å². The van der Waals surface area contributed by atoms with E-state index in [0.29, 0.717) is 5.02 Å². The number of cyclic esters (lactones) is 2. The van der Waals surface area contributed by atoms with Crippen molar-refractivity contribution in [2.75, 3.05) is 0 Å². The van der Waals surface area contributed by atoms with Gasteiger partial charge < -0.3 is 4.74 Å². The van der Waals surface area contributed by atoms with Crippen molar-refractivity contribution in [2.45, 2.75) is 12.3 Å². The zero-order chi connectivity index (χ0) is 10.1. The summed E-state index contributed by atoms with van der Waals surface area (Å²) >= 11 is 5.77. The first kappa shape index (κ1) is 9.21. The number of carbonyl (C=O) groups excluding carboxylic acids is 2. The molecule has 0 amide bonds. The van der Waals surface area contributed by atoms with Crippen molar-refractivity contribution in [2.24, 2.45) is 0 Å². The van der Waals surface area contributed by atoms with E-state index in [0.717, 1.165) is 5.56 Å². The quantitative estimate of drug-likeness (QED) is 0.525. The molecule has 1 heterocycles. The van der Waals surface area contributed by atoms with Gasteiger partial charge in [0.25, 0.3) is 0 Å². The van der Waals surface area contributed by atoms with Crippen LogP contribution in [-0.4, -0.2) is 11.9 Å². The number of benzene rings is 1. The first-order valence-electron chi connectivity index (χ1n) is 4.17. The molecule has 1 aliphatic rings. The molecule has 1 saturated heterocycles. The minimum Gasteiger partial charge on any atom is -0.393 e. The van der Waals surface area contributed by atoms with Gasteiger partial charge in [-0.25, -0.2) is 0 Å². The minimum atomic E-state index is -0.489. The van der Waals surface area contributed by atoms with E-state index in [1.807, 2.05) is 0 Å². The molecule has 0 aliphatic carbocycles. The van der Waals surface area contributed by atoms with Gasteiger partial charge in [-0.3, -0.25) is 9.59 Å². The van der Waals surface area contributed by atoms with E-state index >= 15 is 0 Å². The summed E-state index contributed by atoms with van der Waals surface area (Å²) in [4.78, 5) is 22.1. The zero-order valence-corrected chi connectivity index (χ0v) is 7.95. The number of halogens is 1. The predicted octanol–water partition coefficient (Wildman–Crippen LogP) is 1.90. The average Bonchev–Trinajstić information content (AvgIpc) is 2.45. The Hall–Kier alpha value is -1.35. The Bertz CT molecular complexity index is 400. The Morgan fingerprint density at radius 1 is 1.36 bits per heavy atom. The van der Waals surface area contributed by atoms with Gasteiger partial charge in [-0.1, -0.05) is 23.7 Å². The third-order valence-electron chi connectivity index (χ3n) is 2.12. The van der Waals surface area contributed by atoms with Gasteiger partial charge in [0.05, 0.1) is 12.3 Å². The number of esters is 2. The second-order valence-corrected chi connectivity index (χ2v) is 3.54. The van der Waals surface area contributed by atoms with E-state index in [1.54, 1.807) is 24.3 Å². The number of ether oxygens (including phenoxy) is 1. The first-order chi connectivity index (χ1) is 6.66. The maximum absolute atomic E-state index is 11.2. The molecule has 0 spiro atoms. The summed E-state index contributed by atoms with van der Waals surface area (Å²) in [7, 11) is 0. The summed E-state index contributed by atoms with van der Waals surface area (Å²) < 4.78 is 4.45. The number of hydrogen-bond donors (Lipinski definition) is 0. The van der Waals surface area contributed by atoms with Gasteiger partial charge in [0.15, 0.2) is 0 Å². The molecule has 72 valence electrons. The van der Waals surface area contributed by atoms with Crippen molar-refractivity contribution in [3.05, 3.63) is 34.9 Å². The van der Waals surface area contributed by atoms with Crippen molar-refractivity contribution in [3.8, 4) is 0 Å². The van der Waals surface area contributed by atoms with Gasteiger partial charge in [0.1, 0.15) is 0 Å². The molecule has 1 aromatic rings. The Morgan fingerprint density at radius 3 is 2.71 bits per heavy atom. The van der Waals surface area contributed by atoms with Crippen LogP contribution in [0, 0.1) is 0 Å². The predicted molar refractivity (Wildman–Crippen MR) is 49.9 cm³/mol. The summed E-state index contributed by atoms with van der Waals surface area (Å²) in [5.41, 5.74) is 0.730. The summed E-state index contributed by atoms with van der Waals surface area (Å²) in [6.07, 6.45) is 0.110. The van der Waals surface area contributed by atoms with Crippen molar-refractivity contribution in [1.29, 1.82) is 0 Å². The van der Waals surface area contributed by atoms with Crippen LogP contribution >= 0.6 is 11.6 Å². The molecule has 0 unspecified atom stereocenters. The Kier molecular flexibility index (Phi) is 2.25. The highest BCUT2D eigenvalue weighted by molar-refractivity contribution is 6.30. The standard InChI is InChI=1S/C10H7ClO3/c11-7-3-1-2-6(4-7)8-5-9(12)14-10(8)13/h1-4,8H,5H2/t8-/m0/s1.